The van der Waals surface area contributed by atoms with E-state index in [4.69, 9.17) is 5.11 Å². The molecule has 10 heavy (non-hydrogen) atoms. The summed E-state index contributed by atoms with van der Waals surface area (Å²) in [6.45, 7) is 8.49. The van der Waals surface area contributed by atoms with E-state index in [1.807, 2.05) is 6.92 Å². The number of hydrogen-bond donors (Lipinski definition) is 2. The SMILES string of the molecule is CCC(C)(CO)NC(C)C. The van der Waals surface area contributed by atoms with E-state index >= 15 is 0 Å². The summed E-state index contributed by atoms with van der Waals surface area (Å²) >= 11 is 0. The summed E-state index contributed by atoms with van der Waals surface area (Å²) in [5, 5.41) is 12.3. The van der Waals surface area contributed by atoms with Crippen molar-refractivity contribution >= 4 is 0 Å². The first-order chi connectivity index (χ1) is 4.54. The summed E-state index contributed by atoms with van der Waals surface area (Å²) in [5.74, 6) is 0. The van der Waals surface area contributed by atoms with Gasteiger partial charge in [-0.05, 0) is 13.3 Å². The zero-order valence-electron chi connectivity index (χ0n) is 7.44. The van der Waals surface area contributed by atoms with Gasteiger partial charge in [-0.25, -0.2) is 0 Å². The first-order valence-corrected chi connectivity index (χ1v) is 3.92. The van der Waals surface area contributed by atoms with Crippen LogP contribution in [0.5, 0.6) is 0 Å². The van der Waals surface area contributed by atoms with Crippen LogP contribution in [-0.4, -0.2) is 23.3 Å². The van der Waals surface area contributed by atoms with E-state index in [0.29, 0.717) is 6.04 Å². The summed E-state index contributed by atoms with van der Waals surface area (Å²) in [6, 6.07) is 0.442. The van der Waals surface area contributed by atoms with Crippen LogP contribution < -0.4 is 5.32 Å². The van der Waals surface area contributed by atoms with E-state index < -0.39 is 0 Å². The molecule has 2 heteroatoms. The summed E-state index contributed by atoms with van der Waals surface area (Å²) in [6.07, 6.45) is 0.960. The number of hydrogen-bond acceptors (Lipinski definition) is 2. The minimum Gasteiger partial charge on any atom is -0.394 e. The van der Waals surface area contributed by atoms with Gasteiger partial charge in [0.25, 0.3) is 0 Å². The molecule has 0 aliphatic carbocycles. The molecule has 0 heterocycles. The molecule has 0 radical (unpaired) electrons. The zero-order valence-corrected chi connectivity index (χ0v) is 7.44. The number of aliphatic hydroxyl groups is 1. The maximum Gasteiger partial charge on any atom is 0.0610 e. The Labute approximate surface area is 63.6 Å². The second-order valence-corrected chi connectivity index (χ2v) is 3.37. The monoisotopic (exact) mass is 145 g/mol. The van der Waals surface area contributed by atoms with E-state index in [1.54, 1.807) is 0 Å². The lowest BCUT2D eigenvalue weighted by Gasteiger charge is -2.29. The van der Waals surface area contributed by atoms with E-state index in [0.717, 1.165) is 6.42 Å². The van der Waals surface area contributed by atoms with Gasteiger partial charge in [0.15, 0.2) is 0 Å². The maximum absolute atomic E-state index is 8.97. The highest BCUT2D eigenvalue weighted by molar-refractivity contribution is 4.81. The Balaban J connectivity index is 3.80. The molecule has 0 fully saturated rings. The number of rotatable bonds is 4. The lowest BCUT2D eigenvalue weighted by atomic mass is 9.99. The summed E-state index contributed by atoms with van der Waals surface area (Å²) in [5.41, 5.74) is -0.0891. The zero-order chi connectivity index (χ0) is 8.20. The molecule has 0 saturated heterocycles. The number of aliphatic hydroxyl groups excluding tert-OH is 1. The van der Waals surface area contributed by atoms with Crippen LogP contribution in [0.1, 0.15) is 34.1 Å². The van der Waals surface area contributed by atoms with Gasteiger partial charge in [-0.3, -0.25) is 0 Å². The molecule has 1 unspecified atom stereocenters. The first kappa shape index (κ1) is 9.92. The van der Waals surface area contributed by atoms with Gasteiger partial charge in [0.2, 0.25) is 0 Å². The molecule has 0 amide bonds. The Morgan fingerprint density at radius 1 is 1.50 bits per heavy atom. The molecule has 1 atom stereocenters. The van der Waals surface area contributed by atoms with Crippen LogP contribution >= 0.6 is 0 Å². The quantitative estimate of drug-likeness (QED) is 0.622. The molecule has 0 saturated carbocycles. The van der Waals surface area contributed by atoms with Crippen LogP contribution in [0, 0.1) is 0 Å². The van der Waals surface area contributed by atoms with E-state index in [-0.39, 0.29) is 12.1 Å². The summed E-state index contributed by atoms with van der Waals surface area (Å²) in [4.78, 5) is 0. The molecular weight excluding hydrogens is 126 g/mol. The molecule has 2 nitrogen and oxygen atoms in total. The van der Waals surface area contributed by atoms with E-state index in [2.05, 4.69) is 26.1 Å². The van der Waals surface area contributed by atoms with Gasteiger partial charge in [0, 0.05) is 11.6 Å². The predicted molar refractivity (Wildman–Crippen MR) is 44.1 cm³/mol. The molecule has 0 bridgehead atoms. The first-order valence-electron chi connectivity index (χ1n) is 3.92. The lowest BCUT2D eigenvalue weighted by molar-refractivity contribution is 0.161. The third-order valence-corrected chi connectivity index (χ3v) is 1.77. The van der Waals surface area contributed by atoms with Gasteiger partial charge in [0.1, 0.15) is 0 Å². The van der Waals surface area contributed by atoms with Crippen molar-refractivity contribution in [1.82, 2.24) is 5.32 Å². The van der Waals surface area contributed by atoms with E-state index in [9.17, 15) is 0 Å². The van der Waals surface area contributed by atoms with Crippen molar-refractivity contribution in [2.45, 2.75) is 45.7 Å². The molecule has 0 aliphatic heterocycles. The van der Waals surface area contributed by atoms with Gasteiger partial charge >= 0.3 is 0 Å². The Morgan fingerprint density at radius 3 is 2.10 bits per heavy atom. The number of nitrogens with one attached hydrogen (secondary N) is 1. The fourth-order valence-corrected chi connectivity index (χ4v) is 0.956. The highest BCUT2D eigenvalue weighted by Crippen LogP contribution is 2.08. The van der Waals surface area contributed by atoms with Crippen LogP contribution in [0.2, 0.25) is 0 Å². The van der Waals surface area contributed by atoms with Crippen molar-refractivity contribution < 1.29 is 5.11 Å². The van der Waals surface area contributed by atoms with Gasteiger partial charge < -0.3 is 10.4 Å². The largest absolute Gasteiger partial charge is 0.394 e. The summed E-state index contributed by atoms with van der Waals surface area (Å²) in [7, 11) is 0. The molecule has 0 spiro atoms. The Hall–Kier alpha value is -0.0800. The highest BCUT2D eigenvalue weighted by atomic mass is 16.3. The molecule has 62 valence electrons. The van der Waals surface area contributed by atoms with Crippen molar-refractivity contribution in [2.75, 3.05) is 6.61 Å². The topological polar surface area (TPSA) is 32.3 Å². The van der Waals surface area contributed by atoms with Crippen LogP contribution in [-0.2, 0) is 0 Å². The molecule has 0 aromatic rings. The van der Waals surface area contributed by atoms with E-state index in [1.165, 1.54) is 0 Å². The van der Waals surface area contributed by atoms with Crippen LogP contribution in [0.4, 0.5) is 0 Å². The van der Waals surface area contributed by atoms with Crippen molar-refractivity contribution in [3.8, 4) is 0 Å². The van der Waals surface area contributed by atoms with Crippen LogP contribution in [0.25, 0.3) is 0 Å². The van der Waals surface area contributed by atoms with Crippen molar-refractivity contribution in [3.05, 3.63) is 0 Å². The second kappa shape index (κ2) is 3.94. The average Bonchev–Trinajstić information content (AvgIpc) is 1.87. The standard InChI is InChI=1S/C8H19NO/c1-5-8(4,6-10)9-7(2)3/h7,9-10H,5-6H2,1-4H3. The minimum atomic E-state index is -0.0891. The molecule has 0 aromatic heterocycles. The lowest BCUT2D eigenvalue weighted by Crippen LogP contribution is -2.48. The van der Waals surface area contributed by atoms with Crippen molar-refractivity contribution in [2.24, 2.45) is 0 Å². The van der Waals surface area contributed by atoms with Crippen LogP contribution in [0.15, 0.2) is 0 Å². The van der Waals surface area contributed by atoms with Crippen LogP contribution in [0.3, 0.4) is 0 Å². The average molecular weight is 145 g/mol. The highest BCUT2D eigenvalue weighted by Gasteiger charge is 2.20. The third kappa shape index (κ3) is 3.18. The summed E-state index contributed by atoms with van der Waals surface area (Å²) < 4.78 is 0. The molecule has 0 rings (SSSR count). The smallest absolute Gasteiger partial charge is 0.0610 e. The Morgan fingerprint density at radius 2 is 2.00 bits per heavy atom. The van der Waals surface area contributed by atoms with Gasteiger partial charge in [-0.15, -0.1) is 0 Å². The normalized spacial score (nSPS) is 17.4. The van der Waals surface area contributed by atoms with Gasteiger partial charge in [-0.2, -0.15) is 0 Å². The fraction of sp³-hybridized carbons (Fsp3) is 1.00. The van der Waals surface area contributed by atoms with Crippen molar-refractivity contribution in [1.29, 1.82) is 0 Å². The predicted octanol–water partition coefficient (Wildman–Crippen LogP) is 1.15. The fourth-order valence-electron chi connectivity index (χ4n) is 0.956. The second-order valence-electron chi connectivity index (χ2n) is 3.37. The molecule has 0 aromatic carbocycles. The van der Waals surface area contributed by atoms with Gasteiger partial charge in [-0.1, -0.05) is 20.8 Å². The third-order valence-electron chi connectivity index (χ3n) is 1.77. The maximum atomic E-state index is 8.97. The Kier molecular flexibility index (Phi) is 3.91. The molecular formula is C8H19NO. The molecule has 0 aliphatic rings. The van der Waals surface area contributed by atoms with Crippen molar-refractivity contribution in [3.63, 3.8) is 0 Å². The van der Waals surface area contributed by atoms with Gasteiger partial charge in [0.05, 0.1) is 6.61 Å². The molecule has 2 N–H and O–H groups in total. The Bertz CT molecular complexity index is 87.3. The minimum absolute atomic E-state index is 0.0891.